The van der Waals surface area contributed by atoms with Gasteiger partial charge < -0.3 is 4.74 Å². The fourth-order valence-corrected chi connectivity index (χ4v) is 3.68. The molecule has 2 aromatic rings. The van der Waals surface area contributed by atoms with Crippen LogP contribution in [0.25, 0.3) is 11.4 Å². The standard InChI is InChI=1S/C27H40N2O2/c1-3-5-7-9-10-11-12-13-15-23-17-19-24(20-18-23)27-28-21-25(22-29-27)31-26(30)16-14-8-6-4-2/h17-22H,3-16H2,1-2H3. The highest BCUT2D eigenvalue weighted by Crippen LogP contribution is 2.19. The van der Waals surface area contributed by atoms with Gasteiger partial charge in [0.1, 0.15) is 0 Å². The molecule has 4 heteroatoms. The number of carbonyl (C=O) groups is 1. The van der Waals surface area contributed by atoms with E-state index in [1.807, 2.05) is 0 Å². The maximum atomic E-state index is 11.9. The second-order valence-corrected chi connectivity index (χ2v) is 8.45. The van der Waals surface area contributed by atoms with Crippen molar-refractivity contribution in [1.82, 2.24) is 9.97 Å². The Labute approximate surface area is 188 Å². The topological polar surface area (TPSA) is 52.1 Å². The van der Waals surface area contributed by atoms with Gasteiger partial charge in [0.05, 0.1) is 12.4 Å². The van der Waals surface area contributed by atoms with Crippen LogP contribution in [0.3, 0.4) is 0 Å². The third-order valence-corrected chi connectivity index (χ3v) is 5.63. The zero-order valence-corrected chi connectivity index (χ0v) is 19.6. The number of hydrogen-bond donors (Lipinski definition) is 0. The van der Waals surface area contributed by atoms with Crippen molar-refractivity contribution in [3.8, 4) is 17.1 Å². The summed E-state index contributed by atoms with van der Waals surface area (Å²) in [5, 5.41) is 0. The molecule has 0 saturated carbocycles. The van der Waals surface area contributed by atoms with Gasteiger partial charge in [0.25, 0.3) is 0 Å². The SMILES string of the molecule is CCCCCCCCCCc1ccc(-c2ncc(OC(=O)CCCCCC)cn2)cc1. The van der Waals surface area contributed by atoms with Crippen LogP contribution in [0.2, 0.25) is 0 Å². The molecule has 0 radical (unpaired) electrons. The number of hydrogen-bond acceptors (Lipinski definition) is 4. The molecule has 0 atom stereocenters. The Bertz CT molecular complexity index is 726. The van der Waals surface area contributed by atoms with E-state index in [0.29, 0.717) is 18.0 Å². The summed E-state index contributed by atoms with van der Waals surface area (Å²) < 4.78 is 5.33. The summed E-state index contributed by atoms with van der Waals surface area (Å²) in [6, 6.07) is 8.50. The number of aromatic nitrogens is 2. The van der Waals surface area contributed by atoms with E-state index in [2.05, 4.69) is 48.1 Å². The molecular weight excluding hydrogens is 384 g/mol. The lowest BCUT2D eigenvalue weighted by molar-refractivity contribution is -0.134. The molecule has 1 heterocycles. The van der Waals surface area contributed by atoms with Crippen LogP contribution < -0.4 is 4.74 Å². The van der Waals surface area contributed by atoms with Crippen molar-refractivity contribution < 1.29 is 9.53 Å². The van der Waals surface area contributed by atoms with Gasteiger partial charge >= 0.3 is 5.97 Å². The molecule has 4 nitrogen and oxygen atoms in total. The van der Waals surface area contributed by atoms with Crippen LogP contribution >= 0.6 is 0 Å². The Morgan fingerprint density at radius 2 is 1.29 bits per heavy atom. The average Bonchev–Trinajstić information content (AvgIpc) is 2.79. The van der Waals surface area contributed by atoms with Crippen molar-refractivity contribution in [2.24, 2.45) is 0 Å². The predicted molar refractivity (Wildman–Crippen MR) is 128 cm³/mol. The molecule has 0 N–H and O–H groups in total. The zero-order chi connectivity index (χ0) is 22.2. The number of carbonyl (C=O) groups excluding carboxylic acids is 1. The summed E-state index contributed by atoms with van der Waals surface area (Å²) in [6.07, 6.45) is 19.8. The van der Waals surface area contributed by atoms with E-state index in [1.165, 1.54) is 56.9 Å². The van der Waals surface area contributed by atoms with Gasteiger partial charge in [-0.3, -0.25) is 4.79 Å². The molecule has 0 unspecified atom stereocenters. The van der Waals surface area contributed by atoms with E-state index >= 15 is 0 Å². The molecule has 0 fully saturated rings. The van der Waals surface area contributed by atoms with Crippen LogP contribution in [0, 0.1) is 0 Å². The maximum Gasteiger partial charge on any atom is 0.311 e. The molecule has 0 aliphatic heterocycles. The number of ether oxygens (including phenoxy) is 1. The first kappa shape index (κ1) is 25.0. The first-order chi connectivity index (χ1) is 15.2. The van der Waals surface area contributed by atoms with Gasteiger partial charge in [-0.2, -0.15) is 0 Å². The van der Waals surface area contributed by atoms with E-state index in [1.54, 1.807) is 12.4 Å². The first-order valence-electron chi connectivity index (χ1n) is 12.3. The number of nitrogens with zero attached hydrogens (tertiary/aromatic N) is 2. The molecule has 0 aliphatic rings. The maximum absolute atomic E-state index is 11.9. The average molecular weight is 425 g/mol. The summed E-state index contributed by atoms with van der Waals surface area (Å²) in [5.41, 5.74) is 2.35. The lowest BCUT2D eigenvalue weighted by Gasteiger charge is -2.06. The minimum atomic E-state index is -0.210. The molecule has 0 spiro atoms. The molecule has 1 aromatic heterocycles. The molecular formula is C27H40N2O2. The minimum absolute atomic E-state index is 0.210. The number of aryl methyl sites for hydroxylation is 1. The highest BCUT2D eigenvalue weighted by Gasteiger charge is 2.07. The Balaban J connectivity index is 1.70. The van der Waals surface area contributed by atoms with E-state index in [4.69, 9.17) is 4.74 Å². The molecule has 1 aromatic carbocycles. The van der Waals surface area contributed by atoms with Crippen LogP contribution in [-0.2, 0) is 11.2 Å². The Morgan fingerprint density at radius 3 is 1.90 bits per heavy atom. The van der Waals surface area contributed by atoms with Crippen molar-refractivity contribution in [3.63, 3.8) is 0 Å². The third-order valence-electron chi connectivity index (χ3n) is 5.63. The fraction of sp³-hybridized carbons (Fsp3) is 0.593. The van der Waals surface area contributed by atoms with Crippen LogP contribution in [0.1, 0.15) is 103 Å². The molecule has 0 saturated heterocycles. The summed E-state index contributed by atoms with van der Waals surface area (Å²) in [6.45, 7) is 4.42. The van der Waals surface area contributed by atoms with Crippen molar-refractivity contribution >= 4 is 5.97 Å². The molecule has 0 amide bonds. The second kappa shape index (κ2) is 15.6. The molecule has 31 heavy (non-hydrogen) atoms. The monoisotopic (exact) mass is 424 g/mol. The van der Waals surface area contributed by atoms with Crippen molar-refractivity contribution in [1.29, 1.82) is 0 Å². The van der Waals surface area contributed by atoms with Gasteiger partial charge in [-0.25, -0.2) is 9.97 Å². The lowest BCUT2D eigenvalue weighted by atomic mass is 10.0. The Kier molecular flexibility index (Phi) is 12.6. The van der Waals surface area contributed by atoms with Gasteiger partial charge in [-0.05, 0) is 24.8 Å². The molecule has 2 rings (SSSR count). The summed E-state index contributed by atoms with van der Waals surface area (Å²) in [7, 11) is 0. The summed E-state index contributed by atoms with van der Waals surface area (Å²) >= 11 is 0. The molecule has 0 bridgehead atoms. The minimum Gasteiger partial charge on any atom is -0.423 e. The van der Waals surface area contributed by atoms with Crippen LogP contribution in [0.5, 0.6) is 5.75 Å². The predicted octanol–water partition coefficient (Wildman–Crippen LogP) is 7.70. The highest BCUT2D eigenvalue weighted by molar-refractivity contribution is 5.72. The van der Waals surface area contributed by atoms with Gasteiger partial charge in [-0.1, -0.05) is 102 Å². The Morgan fingerprint density at radius 1 is 0.742 bits per heavy atom. The fourth-order valence-electron chi connectivity index (χ4n) is 3.68. The van der Waals surface area contributed by atoms with Gasteiger partial charge in [0.15, 0.2) is 11.6 Å². The number of benzene rings is 1. The summed E-state index contributed by atoms with van der Waals surface area (Å²) in [5.74, 6) is 0.856. The van der Waals surface area contributed by atoms with E-state index in [-0.39, 0.29) is 5.97 Å². The van der Waals surface area contributed by atoms with E-state index in [9.17, 15) is 4.79 Å². The van der Waals surface area contributed by atoms with E-state index < -0.39 is 0 Å². The number of rotatable bonds is 16. The van der Waals surface area contributed by atoms with Crippen molar-refractivity contribution in [3.05, 3.63) is 42.2 Å². The normalized spacial score (nSPS) is 10.9. The lowest BCUT2D eigenvalue weighted by Crippen LogP contribution is -2.08. The smallest absolute Gasteiger partial charge is 0.311 e. The first-order valence-corrected chi connectivity index (χ1v) is 12.3. The van der Waals surface area contributed by atoms with Gasteiger partial charge in [0.2, 0.25) is 0 Å². The van der Waals surface area contributed by atoms with Crippen LogP contribution in [-0.4, -0.2) is 15.9 Å². The molecule has 0 aliphatic carbocycles. The van der Waals surface area contributed by atoms with Crippen molar-refractivity contribution in [2.75, 3.05) is 0 Å². The molecule has 170 valence electrons. The van der Waals surface area contributed by atoms with Gasteiger partial charge in [0, 0.05) is 12.0 Å². The number of unbranched alkanes of at least 4 members (excludes halogenated alkanes) is 10. The van der Waals surface area contributed by atoms with Crippen molar-refractivity contribution in [2.45, 2.75) is 104 Å². The summed E-state index contributed by atoms with van der Waals surface area (Å²) in [4.78, 5) is 20.6. The van der Waals surface area contributed by atoms with Gasteiger partial charge in [-0.15, -0.1) is 0 Å². The number of esters is 1. The van der Waals surface area contributed by atoms with E-state index in [0.717, 1.165) is 37.7 Å². The highest BCUT2D eigenvalue weighted by atomic mass is 16.5. The third kappa shape index (κ3) is 10.6. The van der Waals surface area contributed by atoms with Crippen LogP contribution in [0.15, 0.2) is 36.7 Å². The Hall–Kier alpha value is -2.23. The second-order valence-electron chi connectivity index (χ2n) is 8.45. The van der Waals surface area contributed by atoms with Crippen LogP contribution in [0.4, 0.5) is 0 Å². The quantitative estimate of drug-likeness (QED) is 0.205. The zero-order valence-electron chi connectivity index (χ0n) is 19.6. The largest absolute Gasteiger partial charge is 0.423 e.